The van der Waals surface area contributed by atoms with E-state index in [1.165, 1.54) is 12.1 Å². The maximum Gasteiger partial charge on any atom is 0.301 e. The van der Waals surface area contributed by atoms with Crippen LogP contribution in [0.4, 0.5) is 14.6 Å². The van der Waals surface area contributed by atoms with Crippen molar-refractivity contribution in [1.29, 1.82) is 5.26 Å². The number of hydrogen-bond acceptors (Lipinski definition) is 6. The predicted molar refractivity (Wildman–Crippen MR) is 146 cm³/mol. The largest absolute Gasteiger partial charge is 0.383 e. The summed E-state index contributed by atoms with van der Waals surface area (Å²) < 4.78 is 32.7. The summed E-state index contributed by atoms with van der Waals surface area (Å²) in [6.07, 6.45) is 6.44. The Kier molecular flexibility index (Phi) is 6.79. The van der Waals surface area contributed by atoms with E-state index < -0.39 is 23.0 Å². The van der Waals surface area contributed by atoms with Gasteiger partial charge in [0.05, 0.1) is 16.9 Å². The molecule has 5 rings (SSSR count). The zero-order chi connectivity index (χ0) is 28.0. The van der Waals surface area contributed by atoms with Crippen molar-refractivity contribution in [3.63, 3.8) is 0 Å². The molecule has 0 amide bonds. The predicted octanol–water partition coefficient (Wildman–Crippen LogP) is 5.80. The molecule has 1 saturated carbocycles. The zero-order valence-corrected chi connectivity index (χ0v) is 22.5. The van der Waals surface area contributed by atoms with Crippen LogP contribution < -0.4 is 10.9 Å². The number of benzene rings is 1. The van der Waals surface area contributed by atoms with E-state index in [4.69, 9.17) is 0 Å². The van der Waals surface area contributed by atoms with Crippen LogP contribution in [0.3, 0.4) is 0 Å². The Hall–Kier alpha value is -3.64. The number of pyridine rings is 1. The number of allylic oxidation sites excluding steroid dienone is 1. The van der Waals surface area contributed by atoms with Gasteiger partial charge in [-0.05, 0) is 70.6 Å². The average Bonchev–Trinajstić information content (AvgIpc) is 3.69. The number of fused-ring (bicyclic) bond motifs is 2. The highest BCUT2D eigenvalue weighted by Gasteiger charge is 2.50. The van der Waals surface area contributed by atoms with Crippen LogP contribution in [0, 0.1) is 18.3 Å². The second-order valence-corrected chi connectivity index (χ2v) is 11.1. The molecule has 1 fully saturated rings. The number of nitrogens with one attached hydrogen (secondary N) is 1. The fourth-order valence-electron chi connectivity index (χ4n) is 5.27. The summed E-state index contributed by atoms with van der Waals surface area (Å²) >= 11 is 0. The van der Waals surface area contributed by atoms with Gasteiger partial charge in [0.2, 0.25) is 0 Å². The lowest BCUT2D eigenvalue weighted by atomic mass is 9.87. The summed E-state index contributed by atoms with van der Waals surface area (Å²) in [7, 11) is 0. The molecule has 2 aromatic heterocycles. The number of alkyl halides is 2. The first-order valence-corrected chi connectivity index (χ1v) is 13.5. The first-order valence-electron chi connectivity index (χ1n) is 13.5. The fourth-order valence-corrected chi connectivity index (χ4v) is 5.27. The molecule has 1 aliphatic carbocycles. The van der Waals surface area contributed by atoms with E-state index in [0.717, 1.165) is 6.92 Å². The molecule has 0 spiro atoms. The molecule has 3 aromatic rings. The van der Waals surface area contributed by atoms with Gasteiger partial charge in [0.25, 0.3) is 5.56 Å². The zero-order valence-electron chi connectivity index (χ0n) is 22.5. The van der Waals surface area contributed by atoms with Crippen LogP contribution in [0.5, 0.6) is 0 Å². The van der Waals surface area contributed by atoms with Gasteiger partial charge in [-0.15, -0.1) is 0 Å². The monoisotopic (exact) mass is 533 g/mol. The van der Waals surface area contributed by atoms with E-state index in [1.807, 2.05) is 6.92 Å². The first-order chi connectivity index (χ1) is 18.5. The molecule has 2 aliphatic rings. The molecule has 0 radical (unpaired) electrons. The molecule has 204 valence electrons. The van der Waals surface area contributed by atoms with Gasteiger partial charge in [-0.1, -0.05) is 30.4 Å². The molecule has 6 bridgehead atoms. The summed E-state index contributed by atoms with van der Waals surface area (Å²) in [5.74, 6) is -2.53. The third kappa shape index (κ3) is 4.82. The van der Waals surface area contributed by atoms with E-state index in [-0.39, 0.29) is 17.5 Å². The van der Waals surface area contributed by atoms with E-state index >= 15 is 8.78 Å². The van der Waals surface area contributed by atoms with Crippen LogP contribution in [0.25, 0.3) is 11.0 Å². The van der Waals surface area contributed by atoms with Crippen molar-refractivity contribution < 1.29 is 13.9 Å². The van der Waals surface area contributed by atoms with Gasteiger partial charge in [0.1, 0.15) is 22.9 Å². The van der Waals surface area contributed by atoms with E-state index in [1.54, 1.807) is 41.8 Å². The summed E-state index contributed by atoms with van der Waals surface area (Å²) in [6.45, 7) is 5.15. The SMILES string of the molecule is Cc1nc2c3cc(C4(C#N)CC4)c(=O)n(c3n1)CCCC/C=C\CC(C)(O)C(F)(F)c1cccc(c1)[C@@H](C)N2. The standard InChI is InChI=1S/C30H33F2N5O2/c1-19-21-10-9-11-22(16-21)30(31,32)28(3,39)12-7-5-4-6-8-15-37-26-23(25(34-19)35-20(2)36-26)17-24(27(37)38)29(18-33)13-14-29/h5,7,9-11,16-17,19,39H,4,6,8,12-15H2,1-3H3,(H,34,35,36)/b7-5-/t19-,28?/m1/s1. The molecule has 0 saturated heterocycles. The minimum atomic E-state index is -3.47. The maximum atomic E-state index is 15.5. The summed E-state index contributed by atoms with van der Waals surface area (Å²) in [5.41, 5.74) is -1.98. The van der Waals surface area contributed by atoms with E-state index in [0.29, 0.717) is 72.5 Å². The van der Waals surface area contributed by atoms with Gasteiger partial charge >= 0.3 is 5.92 Å². The van der Waals surface area contributed by atoms with Gasteiger partial charge in [-0.25, -0.2) is 9.97 Å². The minimum absolute atomic E-state index is 0.199. The molecule has 9 heteroatoms. The van der Waals surface area contributed by atoms with Crippen LogP contribution in [0.15, 0.2) is 47.3 Å². The highest BCUT2D eigenvalue weighted by Crippen LogP contribution is 2.47. The van der Waals surface area contributed by atoms with Crippen LogP contribution >= 0.6 is 0 Å². The average molecular weight is 534 g/mol. The lowest BCUT2D eigenvalue weighted by Crippen LogP contribution is -2.42. The minimum Gasteiger partial charge on any atom is -0.383 e. The van der Waals surface area contributed by atoms with Gasteiger partial charge in [0, 0.05) is 30.1 Å². The van der Waals surface area contributed by atoms with E-state index in [9.17, 15) is 15.2 Å². The fraction of sp³-hybridized carbons (Fsp3) is 0.467. The summed E-state index contributed by atoms with van der Waals surface area (Å²) in [6, 6.07) is 9.69. The smallest absolute Gasteiger partial charge is 0.301 e. The highest BCUT2D eigenvalue weighted by atomic mass is 19.3. The van der Waals surface area contributed by atoms with Crippen molar-refractivity contribution in [3.05, 3.63) is 75.4 Å². The molecule has 3 heterocycles. The third-order valence-electron chi connectivity index (χ3n) is 8.00. The van der Waals surface area contributed by atoms with Crippen LogP contribution in [-0.2, 0) is 17.9 Å². The summed E-state index contributed by atoms with van der Waals surface area (Å²) in [4.78, 5) is 22.9. The Morgan fingerprint density at radius 1 is 1.18 bits per heavy atom. The number of halogens is 2. The molecule has 7 nitrogen and oxygen atoms in total. The second kappa shape index (κ2) is 9.83. The Balaban J connectivity index is 1.68. The van der Waals surface area contributed by atoms with Crippen molar-refractivity contribution in [3.8, 4) is 6.07 Å². The number of aromatic nitrogens is 3. The normalized spacial score (nSPS) is 25.2. The third-order valence-corrected chi connectivity index (χ3v) is 8.00. The number of aliphatic hydroxyl groups is 1. The molecule has 2 atom stereocenters. The quantitative estimate of drug-likeness (QED) is 0.383. The Morgan fingerprint density at radius 3 is 2.67 bits per heavy atom. The number of anilines is 1. The van der Waals surface area contributed by atoms with Crippen molar-refractivity contribution >= 4 is 16.9 Å². The van der Waals surface area contributed by atoms with Gasteiger partial charge in [-0.2, -0.15) is 14.0 Å². The summed E-state index contributed by atoms with van der Waals surface area (Å²) in [5, 5.41) is 24.6. The maximum absolute atomic E-state index is 15.5. The number of nitriles is 1. The topological polar surface area (TPSA) is 104 Å². The van der Waals surface area contributed by atoms with Gasteiger partial charge < -0.3 is 10.4 Å². The van der Waals surface area contributed by atoms with Crippen LogP contribution in [0.2, 0.25) is 0 Å². The number of hydrogen-bond donors (Lipinski definition) is 2. The molecule has 2 N–H and O–H groups in total. The van der Waals surface area contributed by atoms with Crippen molar-refractivity contribution in [1.82, 2.24) is 14.5 Å². The van der Waals surface area contributed by atoms with Crippen molar-refractivity contribution in [2.75, 3.05) is 5.32 Å². The van der Waals surface area contributed by atoms with Crippen molar-refractivity contribution in [2.24, 2.45) is 0 Å². The first kappa shape index (κ1) is 26.9. The lowest BCUT2D eigenvalue weighted by Gasteiger charge is -2.32. The second-order valence-electron chi connectivity index (χ2n) is 11.1. The molecular weight excluding hydrogens is 500 g/mol. The Labute approximate surface area is 226 Å². The lowest BCUT2D eigenvalue weighted by molar-refractivity contribution is -0.176. The Morgan fingerprint density at radius 2 is 1.95 bits per heavy atom. The molecule has 1 unspecified atom stereocenters. The highest BCUT2D eigenvalue weighted by molar-refractivity contribution is 5.88. The number of aryl methyl sites for hydroxylation is 2. The molecule has 1 aliphatic heterocycles. The van der Waals surface area contributed by atoms with E-state index in [2.05, 4.69) is 21.4 Å². The molecular formula is C30H33F2N5O2. The Bertz CT molecular complexity index is 1550. The molecule has 39 heavy (non-hydrogen) atoms. The van der Waals surface area contributed by atoms with Gasteiger partial charge in [-0.3, -0.25) is 9.36 Å². The number of nitrogens with zero attached hydrogens (tertiary/aromatic N) is 4. The number of rotatable bonds is 1. The van der Waals surface area contributed by atoms with Gasteiger partial charge in [0.15, 0.2) is 0 Å². The van der Waals surface area contributed by atoms with Crippen LogP contribution in [0.1, 0.15) is 80.9 Å². The molecule has 1 aromatic carbocycles. The van der Waals surface area contributed by atoms with Crippen LogP contribution in [-0.4, -0.2) is 25.2 Å². The van der Waals surface area contributed by atoms with Crippen molar-refractivity contribution in [2.45, 2.75) is 88.8 Å².